The summed E-state index contributed by atoms with van der Waals surface area (Å²) in [6.07, 6.45) is 2.78. The maximum absolute atomic E-state index is 12.2. The van der Waals surface area contributed by atoms with Crippen LogP contribution in [0.4, 0.5) is 5.69 Å². The van der Waals surface area contributed by atoms with Gasteiger partial charge in [-0.15, -0.1) is 0 Å². The molecule has 7 heteroatoms. The number of non-ortho nitro benzene ring substituents is 1. The number of phenols is 1. The molecular formula is C17H13NO6. The lowest BCUT2D eigenvalue weighted by Gasteiger charge is -2.18. The van der Waals surface area contributed by atoms with Crippen LogP contribution in [-0.2, 0) is 0 Å². The van der Waals surface area contributed by atoms with Gasteiger partial charge >= 0.3 is 0 Å². The van der Waals surface area contributed by atoms with E-state index >= 15 is 0 Å². The van der Waals surface area contributed by atoms with Crippen LogP contribution in [0.15, 0.2) is 42.5 Å². The highest BCUT2D eigenvalue weighted by Crippen LogP contribution is 2.31. The molecule has 1 aliphatic heterocycles. The van der Waals surface area contributed by atoms with Crippen molar-refractivity contribution in [2.75, 3.05) is 13.2 Å². The number of nitrogens with zero attached hydrogens (tertiary/aromatic N) is 1. The number of fused-ring (bicyclic) bond motifs is 1. The molecule has 0 saturated carbocycles. The molecule has 2 aromatic rings. The second-order valence-electron chi connectivity index (χ2n) is 5.06. The van der Waals surface area contributed by atoms with Crippen molar-refractivity contribution in [3.8, 4) is 17.2 Å². The molecule has 0 fully saturated rings. The first-order valence-corrected chi connectivity index (χ1v) is 7.14. The molecule has 1 N–H and O–H groups in total. The van der Waals surface area contributed by atoms with E-state index in [4.69, 9.17) is 9.47 Å². The third kappa shape index (κ3) is 3.19. The van der Waals surface area contributed by atoms with Crippen molar-refractivity contribution in [1.82, 2.24) is 0 Å². The Morgan fingerprint density at radius 3 is 2.62 bits per heavy atom. The lowest BCUT2D eigenvalue weighted by Crippen LogP contribution is -2.15. The van der Waals surface area contributed by atoms with Gasteiger partial charge in [-0.3, -0.25) is 14.9 Å². The number of ketones is 1. The van der Waals surface area contributed by atoms with E-state index in [0.29, 0.717) is 30.3 Å². The van der Waals surface area contributed by atoms with Crippen LogP contribution in [0.1, 0.15) is 15.9 Å². The Kier molecular flexibility index (Phi) is 4.15. The summed E-state index contributed by atoms with van der Waals surface area (Å²) in [5, 5.41) is 20.5. The highest BCUT2D eigenvalue weighted by molar-refractivity contribution is 6.09. The number of carbonyl (C=O) groups is 1. The third-order valence-electron chi connectivity index (χ3n) is 3.45. The molecule has 3 rings (SSSR count). The minimum Gasteiger partial charge on any atom is -0.507 e. The number of ether oxygens (including phenoxy) is 2. The van der Waals surface area contributed by atoms with Gasteiger partial charge in [0.15, 0.2) is 17.3 Å². The van der Waals surface area contributed by atoms with Crippen molar-refractivity contribution in [3.63, 3.8) is 0 Å². The van der Waals surface area contributed by atoms with Gasteiger partial charge in [-0.05, 0) is 29.8 Å². The molecule has 0 bridgehead atoms. The van der Waals surface area contributed by atoms with E-state index in [0.717, 1.165) is 18.2 Å². The SMILES string of the molecule is O=C(/C=C/c1ccc2c(c1)OCCO2)c1cc([N+](=O)[O-])ccc1O. The highest BCUT2D eigenvalue weighted by Gasteiger charge is 2.15. The smallest absolute Gasteiger partial charge is 0.270 e. The maximum atomic E-state index is 12.2. The second-order valence-corrected chi connectivity index (χ2v) is 5.06. The van der Waals surface area contributed by atoms with Crippen LogP contribution in [0.25, 0.3) is 6.08 Å². The van der Waals surface area contributed by atoms with Crippen LogP contribution in [0.3, 0.4) is 0 Å². The largest absolute Gasteiger partial charge is 0.507 e. The van der Waals surface area contributed by atoms with Gasteiger partial charge in [-0.25, -0.2) is 0 Å². The van der Waals surface area contributed by atoms with Gasteiger partial charge in [-0.1, -0.05) is 12.1 Å². The molecule has 0 atom stereocenters. The van der Waals surface area contributed by atoms with Gasteiger partial charge in [0, 0.05) is 12.1 Å². The number of nitro groups is 1. The molecule has 0 saturated heterocycles. The van der Waals surface area contributed by atoms with Gasteiger partial charge in [0.05, 0.1) is 10.5 Å². The maximum Gasteiger partial charge on any atom is 0.270 e. The summed E-state index contributed by atoms with van der Waals surface area (Å²) < 4.78 is 10.9. The summed E-state index contributed by atoms with van der Waals surface area (Å²) in [5.41, 5.74) is 0.319. The highest BCUT2D eigenvalue weighted by atomic mass is 16.6. The fraction of sp³-hybridized carbons (Fsp3) is 0.118. The predicted molar refractivity (Wildman–Crippen MR) is 85.6 cm³/mol. The number of benzene rings is 2. The molecule has 24 heavy (non-hydrogen) atoms. The normalized spacial score (nSPS) is 13.0. The summed E-state index contributed by atoms with van der Waals surface area (Å²) in [6, 6.07) is 8.53. The van der Waals surface area contributed by atoms with E-state index in [1.54, 1.807) is 24.3 Å². The molecule has 0 unspecified atom stereocenters. The molecule has 1 heterocycles. The van der Waals surface area contributed by atoms with E-state index in [1.165, 1.54) is 6.08 Å². The number of phenolic OH excluding ortho intramolecular Hbond substituents is 1. The zero-order valence-electron chi connectivity index (χ0n) is 12.5. The lowest BCUT2D eigenvalue weighted by molar-refractivity contribution is -0.384. The van der Waals surface area contributed by atoms with E-state index in [9.17, 15) is 20.0 Å². The first-order chi connectivity index (χ1) is 11.5. The number of allylic oxidation sites excluding steroid dienone is 1. The number of nitro benzene ring substituents is 1. The Hall–Kier alpha value is -3.35. The topological polar surface area (TPSA) is 98.9 Å². The van der Waals surface area contributed by atoms with Crippen LogP contribution in [0, 0.1) is 10.1 Å². The number of aromatic hydroxyl groups is 1. The summed E-state index contributed by atoms with van der Waals surface area (Å²) in [4.78, 5) is 22.3. The molecular weight excluding hydrogens is 314 g/mol. The van der Waals surface area contributed by atoms with Crippen molar-refractivity contribution < 1.29 is 24.3 Å². The van der Waals surface area contributed by atoms with Crippen LogP contribution in [-0.4, -0.2) is 29.0 Å². The molecule has 0 spiro atoms. The van der Waals surface area contributed by atoms with Crippen molar-refractivity contribution in [1.29, 1.82) is 0 Å². The third-order valence-corrected chi connectivity index (χ3v) is 3.45. The fourth-order valence-electron chi connectivity index (χ4n) is 2.26. The van der Waals surface area contributed by atoms with Gasteiger partial charge in [0.25, 0.3) is 5.69 Å². The van der Waals surface area contributed by atoms with Gasteiger partial charge in [-0.2, -0.15) is 0 Å². The average Bonchev–Trinajstić information content (AvgIpc) is 2.59. The summed E-state index contributed by atoms with van der Waals surface area (Å²) >= 11 is 0. The van der Waals surface area contributed by atoms with Crippen LogP contribution < -0.4 is 9.47 Å². The van der Waals surface area contributed by atoms with E-state index in [2.05, 4.69) is 0 Å². The van der Waals surface area contributed by atoms with Crippen molar-refractivity contribution in [2.45, 2.75) is 0 Å². The monoisotopic (exact) mass is 327 g/mol. The number of rotatable bonds is 4. The zero-order chi connectivity index (χ0) is 17.1. The summed E-state index contributed by atoms with van der Waals surface area (Å²) in [7, 11) is 0. The number of hydrogen-bond acceptors (Lipinski definition) is 6. The predicted octanol–water partition coefficient (Wildman–Crippen LogP) is 2.97. The van der Waals surface area contributed by atoms with Crippen LogP contribution in [0.5, 0.6) is 17.2 Å². The molecule has 0 aromatic heterocycles. The molecule has 122 valence electrons. The average molecular weight is 327 g/mol. The molecule has 7 nitrogen and oxygen atoms in total. The quantitative estimate of drug-likeness (QED) is 0.401. The summed E-state index contributed by atoms with van der Waals surface area (Å²) in [6.45, 7) is 0.952. The van der Waals surface area contributed by atoms with E-state index in [1.807, 2.05) is 0 Å². The van der Waals surface area contributed by atoms with Gasteiger partial charge in [0.1, 0.15) is 19.0 Å². The Balaban J connectivity index is 1.83. The van der Waals surface area contributed by atoms with Crippen LogP contribution >= 0.6 is 0 Å². The summed E-state index contributed by atoms with van der Waals surface area (Å²) in [5.74, 6) is 0.388. The van der Waals surface area contributed by atoms with Crippen LogP contribution in [0.2, 0.25) is 0 Å². The number of hydrogen-bond donors (Lipinski definition) is 1. The van der Waals surface area contributed by atoms with E-state index in [-0.39, 0.29) is 17.0 Å². The minimum atomic E-state index is -0.624. The molecule has 1 aliphatic rings. The first-order valence-electron chi connectivity index (χ1n) is 7.14. The van der Waals surface area contributed by atoms with Crippen molar-refractivity contribution >= 4 is 17.5 Å². The Bertz CT molecular complexity index is 843. The Morgan fingerprint density at radius 2 is 1.88 bits per heavy atom. The standard InChI is InChI=1S/C17H13NO6/c19-14(13-10-12(18(21)22)3-5-15(13)20)4-1-11-2-6-16-17(9-11)24-8-7-23-16/h1-6,9-10,20H,7-8H2/b4-1+. The van der Waals surface area contributed by atoms with Crippen molar-refractivity contribution in [3.05, 3.63) is 63.7 Å². The minimum absolute atomic E-state index is 0.127. The van der Waals surface area contributed by atoms with Gasteiger partial charge < -0.3 is 14.6 Å². The fourth-order valence-corrected chi connectivity index (χ4v) is 2.26. The Labute approximate surface area is 136 Å². The molecule has 0 aliphatic carbocycles. The van der Waals surface area contributed by atoms with E-state index < -0.39 is 10.7 Å². The lowest BCUT2D eigenvalue weighted by atomic mass is 10.1. The first kappa shape index (κ1) is 15.5. The van der Waals surface area contributed by atoms with Gasteiger partial charge in [0.2, 0.25) is 0 Å². The second kappa shape index (κ2) is 6.41. The molecule has 2 aromatic carbocycles. The number of carbonyl (C=O) groups excluding carboxylic acids is 1. The molecule has 0 radical (unpaired) electrons. The zero-order valence-corrected chi connectivity index (χ0v) is 12.5. The Morgan fingerprint density at radius 1 is 1.12 bits per heavy atom. The van der Waals surface area contributed by atoms with Crippen molar-refractivity contribution in [2.24, 2.45) is 0 Å². The molecule has 0 amide bonds.